The summed E-state index contributed by atoms with van der Waals surface area (Å²) in [5.74, 6) is -0.198. The first-order chi connectivity index (χ1) is 16.4. The highest BCUT2D eigenvalue weighted by Crippen LogP contribution is 2.37. The van der Waals surface area contributed by atoms with Gasteiger partial charge < -0.3 is 14.6 Å². The number of ether oxygens (including phenoxy) is 2. The van der Waals surface area contributed by atoms with E-state index in [-0.39, 0.29) is 23.3 Å². The third-order valence-corrected chi connectivity index (χ3v) is 5.93. The number of aromatic carboxylic acids is 1. The third kappa shape index (κ3) is 5.88. The van der Waals surface area contributed by atoms with E-state index in [1.165, 1.54) is 17.0 Å². The van der Waals surface area contributed by atoms with Crippen molar-refractivity contribution in [2.45, 2.75) is 33.3 Å². The van der Waals surface area contributed by atoms with E-state index in [1.54, 1.807) is 30.4 Å². The highest BCUT2D eigenvalue weighted by atomic mass is 32.2. The Morgan fingerprint density at radius 1 is 1.15 bits per heavy atom. The van der Waals surface area contributed by atoms with Crippen LogP contribution in [-0.4, -0.2) is 40.3 Å². The second kappa shape index (κ2) is 11.6. The predicted octanol–water partition coefficient (Wildman–Crippen LogP) is 5.54. The molecule has 0 atom stereocenters. The van der Waals surface area contributed by atoms with Gasteiger partial charge in [-0.2, -0.15) is 0 Å². The maximum atomic E-state index is 12.6. The summed E-state index contributed by atoms with van der Waals surface area (Å²) in [6.45, 7) is 8.64. The van der Waals surface area contributed by atoms with Gasteiger partial charge in [-0.15, -0.1) is 6.58 Å². The highest BCUT2D eigenvalue weighted by molar-refractivity contribution is 8.18. The Bertz CT molecular complexity index is 1120. The minimum absolute atomic E-state index is 0.207. The quantitative estimate of drug-likeness (QED) is 0.333. The van der Waals surface area contributed by atoms with Crippen LogP contribution in [0.2, 0.25) is 0 Å². The third-order valence-electron chi connectivity index (χ3n) is 5.02. The summed E-state index contributed by atoms with van der Waals surface area (Å²) in [6.07, 6.45) is 4.66. The molecule has 0 saturated carbocycles. The van der Waals surface area contributed by atoms with Crippen LogP contribution in [0.3, 0.4) is 0 Å². The number of hydrogen-bond donors (Lipinski definition) is 1. The van der Waals surface area contributed by atoms with Gasteiger partial charge in [0.2, 0.25) is 0 Å². The SMILES string of the molecule is C=CCc1cc(/C=C2/SC(=O)N(CCC)C2=O)cc(OCC)c1OCc1ccc(C(=O)O)cc1. The van der Waals surface area contributed by atoms with E-state index in [1.807, 2.05) is 19.9 Å². The molecule has 0 unspecified atom stereocenters. The van der Waals surface area contributed by atoms with Crippen LogP contribution in [0.25, 0.3) is 6.08 Å². The largest absolute Gasteiger partial charge is 0.490 e. The first-order valence-corrected chi connectivity index (χ1v) is 11.8. The maximum absolute atomic E-state index is 12.6. The van der Waals surface area contributed by atoms with Crippen molar-refractivity contribution in [1.29, 1.82) is 0 Å². The number of nitrogens with zero attached hydrogens (tertiary/aromatic N) is 1. The molecule has 34 heavy (non-hydrogen) atoms. The molecule has 0 aromatic heterocycles. The topological polar surface area (TPSA) is 93.1 Å². The van der Waals surface area contributed by atoms with Crippen molar-refractivity contribution >= 4 is 35.0 Å². The minimum atomic E-state index is -0.984. The molecule has 2 amide bonds. The first-order valence-electron chi connectivity index (χ1n) is 11.0. The fraction of sp³-hybridized carbons (Fsp3) is 0.269. The van der Waals surface area contributed by atoms with Crippen LogP contribution in [0.4, 0.5) is 4.79 Å². The van der Waals surface area contributed by atoms with E-state index in [9.17, 15) is 14.4 Å². The minimum Gasteiger partial charge on any atom is -0.490 e. The van der Waals surface area contributed by atoms with Gasteiger partial charge in [-0.1, -0.05) is 25.1 Å². The van der Waals surface area contributed by atoms with E-state index >= 15 is 0 Å². The lowest BCUT2D eigenvalue weighted by molar-refractivity contribution is -0.122. The Morgan fingerprint density at radius 2 is 1.88 bits per heavy atom. The van der Waals surface area contributed by atoms with Crippen molar-refractivity contribution in [1.82, 2.24) is 4.90 Å². The number of amides is 2. The molecule has 8 heteroatoms. The Labute approximate surface area is 203 Å². The molecule has 0 radical (unpaired) electrons. The van der Waals surface area contributed by atoms with E-state index in [0.717, 1.165) is 28.5 Å². The summed E-state index contributed by atoms with van der Waals surface area (Å²) < 4.78 is 11.9. The number of rotatable bonds is 11. The van der Waals surface area contributed by atoms with E-state index < -0.39 is 5.97 Å². The Balaban J connectivity index is 1.91. The van der Waals surface area contributed by atoms with E-state index in [2.05, 4.69) is 6.58 Å². The van der Waals surface area contributed by atoms with Gasteiger partial charge in [-0.05, 0) is 73.0 Å². The molecule has 1 saturated heterocycles. The molecule has 0 spiro atoms. The molecule has 1 heterocycles. The molecular weight excluding hydrogens is 454 g/mol. The molecule has 0 bridgehead atoms. The first kappa shape index (κ1) is 25.1. The van der Waals surface area contributed by atoms with Crippen molar-refractivity contribution in [3.63, 3.8) is 0 Å². The molecule has 1 fully saturated rings. The van der Waals surface area contributed by atoms with Gasteiger partial charge in [0.15, 0.2) is 11.5 Å². The van der Waals surface area contributed by atoms with Gasteiger partial charge in [0.25, 0.3) is 11.1 Å². The van der Waals surface area contributed by atoms with Gasteiger partial charge in [-0.25, -0.2) is 4.79 Å². The van der Waals surface area contributed by atoms with Crippen molar-refractivity contribution in [2.75, 3.05) is 13.2 Å². The fourth-order valence-corrected chi connectivity index (χ4v) is 4.33. The second-order valence-electron chi connectivity index (χ2n) is 7.56. The van der Waals surface area contributed by atoms with Crippen molar-refractivity contribution in [3.05, 3.63) is 76.2 Å². The number of carbonyl (C=O) groups is 3. The molecule has 1 aliphatic rings. The van der Waals surface area contributed by atoms with Crippen molar-refractivity contribution in [3.8, 4) is 11.5 Å². The zero-order valence-corrected chi connectivity index (χ0v) is 20.0. The average molecular weight is 482 g/mol. The zero-order chi connectivity index (χ0) is 24.7. The number of hydrogen-bond acceptors (Lipinski definition) is 6. The number of allylic oxidation sites excluding steroid dienone is 1. The average Bonchev–Trinajstić information content (AvgIpc) is 3.07. The summed E-state index contributed by atoms with van der Waals surface area (Å²) in [6, 6.07) is 10.1. The molecule has 2 aromatic rings. The lowest BCUT2D eigenvalue weighted by Crippen LogP contribution is -2.28. The molecule has 7 nitrogen and oxygen atoms in total. The van der Waals surface area contributed by atoms with Crippen molar-refractivity contribution in [2.24, 2.45) is 0 Å². The monoisotopic (exact) mass is 481 g/mol. The zero-order valence-electron chi connectivity index (χ0n) is 19.2. The van der Waals surface area contributed by atoms with Gasteiger partial charge in [0.1, 0.15) is 6.61 Å². The maximum Gasteiger partial charge on any atom is 0.335 e. The summed E-state index contributed by atoms with van der Waals surface area (Å²) in [5, 5.41) is 8.81. The summed E-state index contributed by atoms with van der Waals surface area (Å²) in [5.41, 5.74) is 2.56. The van der Waals surface area contributed by atoms with Crippen molar-refractivity contribution < 1.29 is 29.0 Å². The van der Waals surface area contributed by atoms with Crippen LogP contribution >= 0.6 is 11.8 Å². The summed E-state index contributed by atoms with van der Waals surface area (Å²) >= 11 is 0.934. The molecule has 0 aliphatic carbocycles. The number of carboxylic acids is 1. The van der Waals surface area contributed by atoms with Gasteiger partial charge in [-0.3, -0.25) is 14.5 Å². The number of carboxylic acid groups (broad SMARTS) is 1. The van der Waals surface area contributed by atoms with Crippen LogP contribution in [0.5, 0.6) is 11.5 Å². The van der Waals surface area contributed by atoms with Gasteiger partial charge >= 0.3 is 5.97 Å². The molecule has 178 valence electrons. The standard InChI is InChI=1S/C26H27NO6S/c1-4-7-20-13-18(15-22-24(28)27(12-5-2)26(31)34-22)14-21(32-6-3)23(20)33-16-17-8-10-19(11-9-17)25(29)30/h4,8-11,13-15H,1,5-7,12,16H2,2-3H3,(H,29,30)/b22-15+. The van der Waals surface area contributed by atoms with Crippen LogP contribution in [0, 0.1) is 0 Å². The Hall–Kier alpha value is -3.52. The predicted molar refractivity (Wildman–Crippen MR) is 132 cm³/mol. The summed E-state index contributed by atoms with van der Waals surface area (Å²) in [4.78, 5) is 37.5. The molecule has 3 rings (SSSR count). The summed E-state index contributed by atoms with van der Waals surface area (Å²) in [7, 11) is 0. The number of imide groups is 1. The molecular formula is C26H27NO6S. The molecule has 1 N–H and O–H groups in total. The Kier molecular flexibility index (Phi) is 8.54. The Morgan fingerprint density at radius 3 is 2.50 bits per heavy atom. The van der Waals surface area contributed by atoms with E-state index in [0.29, 0.717) is 42.4 Å². The van der Waals surface area contributed by atoms with Gasteiger partial charge in [0.05, 0.1) is 17.1 Å². The number of carbonyl (C=O) groups excluding carboxylic acids is 2. The second-order valence-corrected chi connectivity index (χ2v) is 8.55. The highest BCUT2D eigenvalue weighted by Gasteiger charge is 2.34. The lowest BCUT2D eigenvalue weighted by Gasteiger charge is -2.17. The van der Waals surface area contributed by atoms with Gasteiger partial charge in [0, 0.05) is 12.1 Å². The molecule has 2 aromatic carbocycles. The molecule has 1 aliphatic heterocycles. The smallest absolute Gasteiger partial charge is 0.335 e. The van der Waals surface area contributed by atoms with Crippen LogP contribution in [0.1, 0.15) is 47.3 Å². The normalized spacial score (nSPS) is 14.5. The van der Waals surface area contributed by atoms with Crippen LogP contribution in [0.15, 0.2) is 54.0 Å². The number of benzene rings is 2. The van der Waals surface area contributed by atoms with Crippen LogP contribution < -0.4 is 9.47 Å². The van der Waals surface area contributed by atoms with Crippen LogP contribution in [-0.2, 0) is 17.8 Å². The number of thioether (sulfide) groups is 1. The lowest BCUT2D eigenvalue weighted by atomic mass is 10.0. The van der Waals surface area contributed by atoms with E-state index in [4.69, 9.17) is 14.6 Å². The fourth-order valence-electron chi connectivity index (χ4n) is 3.47.